The van der Waals surface area contributed by atoms with E-state index in [0.717, 1.165) is 18.2 Å². The van der Waals surface area contributed by atoms with Gasteiger partial charge in [-0.3, -0.25) is 9.10 Å². The highest BCUT2D eigenvalue weighted by Crippen LogP contribution is 2.41. The van der Waals surface area contributed by atoms with Gasteiger partial charge in [0.25, 0.3) is 3.12 Å². The lowest BCUT2D eigenvalue weighted by Gasteiger charge is -2.28. The minimum absolute atomic E-state index is 0.192. The first-order valence-electron chi connectivity index (χ1n) is 5.99. The minimum atomic E-state index is -1.58. The highest BCUT2D eigenvalue weighted by atomic mass is 35.6. The molecule has 19 heavy (non-hydrogen) atoms. The average Bonchev–Trinajstić information content (AvgIpc) is 2.38. The molecule has 3 nitrogen and oxygen atoms in total. The summed E-state index contributed by atoms with van der Waals surface area (Å²) in [5.74, 6) is -0.837. The molecule has 7 heteroatoms. The van der Waals surface area contributed by atoms with Gasteiger partial charge >= 0.3 is 0 Å². The number of hydrogen-bond acceptors (Lipinski definition) is 3. The van der Waals surface area contributed by atoms with Gasteiger partial charge in [0.2, 0.25) is 5.91 Å². The standard InChI is InChI=1S/C10H12Cl3NO2S.C2H6/c1-14(17-10(11,12)13)9(16)8-5-3-2-4-7(8)6-15;1-2/h2-3,6-8H,4-5H2,1H3;1-2H3. The van der Waals surface area contributed by atoms with Crippen LogP contribution in [-0.4, -0.2) is 26.7 Å². The lowest BCUT2D eigenvalue weighted by molar-refractivity contribution is -0.133. The van der Waals surface area contributed by atoms with Crippen LogP contribution in [0.3, 0.4) is 0 Å². The summed E-state index contributed by atoms with van der Waals surface area (Å²) in [6, 6.07) is 0. The van der Waals surface area contributed by atoms with Gasteiger partial charge in [0.15, 0.2) is 0 Å². The van der Waals surface area contributed by atoms with Crippen molar-refractivity contribution in [2.75, 3.05) is 7.05 Å². The largest absolute Gasteiger partial charge is 0.303 e. The molecule has 2 unspecified atom stereocenters. The van der Waals surface area contributed by atoms with E-state index in [-0.39, 0.29) is 17.7 Å². The number of alkyl halides is 3. The number of hydrogen-bond donors (Lipinski definition) is 0. The van der Waals surface area contributed by atoms with Crippen LogP contribution in [0.5, 0.6) is 0 Å². The van der Waals surface area contributed by atoms with Crippen molar-refractivity contribution in [1.29, 1.82) is 0 Å². The van der Waals surface area contributed by atoms with E-state index in [1.807, 2.05) is 26.0 Å². The predicted molar refractivity (Wildman–Crippen MR) is 83.4 cm³/mol. The Morgan fingerprint density at radius 3 is 2.32 bits per heavy atom. The second-order valence-corrected chi connectivity index (χ2v) is 8.02. The third-order valence-corrected chi connectivity index (χ3v) is 3.81. The number of aldehydes is 1. The van der Waals surface area contributed by atoms with Crippen LogP contribution >= 0.6 is 46.8 Å². The van der Waals surface area contributed by atoms with E-state index in [4.69, 9.17) is 34.8 Å². The summed E-state index contributed by atoms with van der Waals surface area (Å²) in [5.41, 5.74) is 0. The first-order valence-corrected chi connectivity index (χ1v) is 7.89. The Hall–Kier alpha value is 0.1000. The molecular weight excluding hydrogens is 329 g/mol. The first kappa shape index (κ1) is 19.1. The van der Waals surface area contributed by atoms with E-state index in [2.05, 4.69) is 0 Å². The summed E-state index contributed by atoms with van der Waals surface area (Å²) < 4.78 is -0.293. The summed E-state index contributed by atoms with van der Waals surface area (Å²) in [7, 11) is 1.54. The van der Waals surface area contributed by atoms with Crippen LogP contribution in [0.25, 0.3) is 0 Å². The van der Waals surface area contributed by atoms with Crippen LogP contribution < -0.4 is 0 Å². The van der Waals surface area contributed by atoms with Gasteiger partial charge in [0.1, 0.15) is 6.29 Å². The van der Waals surface area contributed by atoms with Crippen molar-refractivity contribution in [2.45, 2.75) is 29.8 Å². The number of carbonyl (C=O) groups is 2. The highest BCUT2D eigenvalue weighted by Gasteiger charge is 2.34. The molecule has 0 aromatic heterocycles. The van der Waals surface area contributed by atoms with E-state index in [1.165, 1.54) is 11.4 Å². The Bertz CT molecular complexity index is 331. The molecule has 0 radical (unpaired) electrons. The topological polar surface area (TPSA) is 37.4 Å². The van der Waals surface area contributed by atoms with Crippen molar-refractivity contribution in [3.05, 3.63) is 12.2 Å². The smallest absolute Gasteiger partial charge is 0.256 e. The predicted octanol–water partition coefficient (Wildman–Crippen LogP) is 4.23. The van der Waals surface area contributed by atoms with Crippen LogP contribution in [0, 0.1) is 11.8 Å². The highest BCUT2D eigenvalue weighted by molar-refractivity contribution is 8.03. The van der Waals surface area contributed by atoms with Crippen LogP contribution in [0.1, 0.15) is 26.7 Å². The molecule has 0 saturated carbocycles. The van der Waals surface area contributed by atoms with E-state index >= 15 is 0 Å². The van der Waals surface area contributed by atoms with Crippen molar-refractivity contribution >= 4 is 58.9 Å². The van der Waals surface area contributed by atoms with Crippen molar-refractivity contribution in [3.63, 3.8) is 0 Å². The minimum Gasteiger partial charge on any atom is -0.303 e. The molecule has 1 rings (SSSR count). The Morgan fingerprint density at radius 1 is 1.32 bits per heavy atom. The normalized spacial score (nSPS) is 22.2. The van der Waals surface area contributed by atoms with Crippen LogP contribution in [0.15, 0.2) is 12.2 Å². The van der Waals surface area contributed by atoms with Gasteiger partial charge in [0, 0.05) is 24.9 Å². The molecule has 1 aliphatic rings. The van der Waals surface area contributed by atoms with Gasteiger partial charge in [0.05, 0.1) is 5.92 Å². The Balaban J connectivity index is 0.00000154. The summed E-state index contributed by atoms with van der Waals surface area (Å²) in [5, 5.41) is 0. The third kappa shape index (κ3) is 6.89. The Morgan fingerprint density at radius 2 is 1.84 bits per heavy atom. The van der Waals surface area contributed by atoms with Crippen molar-refractivity contribution in [3.8, 4) is 0 Å². The SMILES string of the molecule is CC.CN(SC(Cl)(Cl)Cl)C(=O)C1CC=CCC1C=O. The fourth-order valence-electron chi connectivity index (χ4n) is 1.70. The molecule has 0 spiro atoms. The monoisotopic (exact) mass is 345 g/mol. The van der Waals surface area contributed by atoms with Gasteiger partial charge < -0.3 is 4.79 Å². The maximum Gasteiger partial charge on any atom is 0.256 e. The maximum atomic E-state index is 12.1. The summed E-state index contributed by atoms with van der Waals surface area (Å²) in [4.78, 5) is 23.0. The van der Waals surface area contributed by atoms with E-state index < -0.39 is 3.12 Å². The Labute approximate surface area is 133 Å². The number of rotatable bonds is 3. The average molecular weight is 347 g/mol. The van der Waals surface area contributed by atoms with E-state index in [1.54, 1.807) is 0 Å². The van der Waals surface area contributed by atoms with Crippen LogP contribution in [-0.2, 0) is 9.59 Å². The zero-order valence-corrected chi connectivity index (χ0v) is 14.2. The second-order valence-electron chi connectivity index (χ2n) is 3.72. The summed E-state index contributed by atoms with van der Waals surface area (Å²) >= 11 is 17.6. The quantitative estimate of drug-likeness (QED) is 0.332. The molecule has 1 aliphatic carbocycles. The molecule has 0 heterocycles. The van der Waals surface area contributed by atoms with Crippen molar-refractivity contribution in [2.24, 2.45) is 11.8 Å². The molecule has 110 valence electrons. The molecule has 0 N–H and O–H groups in total. The number of amides is 1. The van der Waals surface area contributed by atoms with Crippen molar-refractivity contribution < 1.29 is 9.59 Å². The van der Waals surface area contributed by atoms with Gasteiger partial charge in [-0.15, -0.1) is 0 Å². The molecular formula is C12H18Cl3NO2S. The van der Waals surface area contributed by atoms with Gasteiger partial charge in [-0.2, -0.15) is 0 Å². The van der Waals surface area contributed by atoms with Gasteiger partial charge in [-0.05, 0) is 12.8 Å². The zero-order chi connectivity index (χ0) is 15.1. The van der Waals surface area contributed by atoms with E-state index in [0.29, 0.717) is 12.8 Å². The number of carbonyl (C=O) groups excluding carboxylic acids is 2. The molecule has 0 fully saturated rings. The molecule has 0 aromatic carbocycles. The third-order valence-electron chi connectivity index (χ3n) is 2.52. The van der Waals surface area contributed by atoms with Gasteiger partial charge in [-0.1, -0.05) is 60.8 Å². The molecule has 1 amide bonds. The van der Waals surface area contributed by atoms with Crippen LogP contribution in [0.4, 0.5) is 0 Å². The summed E-state index contributed by atoms with van der Waals surface area (Å²) in [6.45, 7) is 4.00. The molecule has 0 bridgehead atoms. The molecule has 2 atom stereocenters. The fraction of sp³-hybridized carbons (Fsp3) is 0.667. The molecule has 0 saturated heterocycles. The summed E-state index contributed by atoms with van der Waals surface area (Å²) in [6.07, 6.45) is 5.76. The number of halogens is 3. The lowest BCUT2D eigenvalue weighted by atomic mass is 9.83. The first-order chi connectivity index (χ1) is 8.85. The van der Waals surface area contributed by atoms with Crippen molar-refractivity contribution in [1.82, 2.24) is 4.31 Å². The maximum absolute atomic E-state index is 12.1. The fourth-order valence-corrected chi connectivity index (χ4v) is 3.17. The second kappa shape index (κ2) is 9.11. The molecule has 0 aromatic rings. The number of allylic oxidation sites excluding steroid dienone is 2. The zero-order valence-electron chi connectivity index (χ0n) is 11.1. The Kier molecular flexibility index (Phi) is 9.16. The molecule has 0 aliphatic heterocycles. The lowest BCUT2D eigenvalue weighted by Crippen LogP contribution is -2.35. The van der Waals surface area contributed by atoms with Crippen LogP contribution in [0.2, 0.25) is 0 Å². The number of nitrogens with zero attached hydrogens (tertiary/aromatic N) is 1. The van der Waals surface area contributed by atoms with Gasteiger partial charge in [-0.25, -0.2) is 0 Å². The van der Waals surface area contributed by atoms with E-state index in [9.17, 15) is 9.59 Å².